The van der Waals surface area contributed by atoms with E-state index in [2.05, 4.69) is 33.0 Å². The first kappa shape index (κ1) is 26.7. The Morgan fingerprint density at radius 1 is 1.11 bits per heavy atom. The lowest BCUT2D eigenvalue weighted by atomic mass is 9.81. The highest BCUT2D eigenvalue weighted by atomic mass is 79.9. The van der Waals surface area contributed by atoms with Crippen LogP contribution >= 0.6 is 27.5 Å². The van der Waals surface area contributed by atoms with Gasteiger partial charge in [0.1, 0.15) is 0 Å². The highest BCUT2D eigenvalue weighted by molar-refractivity contribution is 9.10. The number of halogens is 2. The van der Waals surface area contributed by atoms with Crippen LogP contribution in [0.4, 0.5) is 4.79 Å². The van der Waals surface area contributed by atoms with Crippen molar-refractivity contribution in [3.63, 3.8) is 0 Å². The van der Waals surface area contributed by atoms with Gasteiger partial charge in [0.25, 0.3) is 0 Å². The molecule has 10 heteroatoms. The maximum Gasteiger partial charge on any atom is 0.515 e. The largest absolute Gasteiger partial charge is 0.621 e. The van der Waals surface area contributed by atoms with Gasteiger partial charge in [-0.2, -0.15) is 4.79 Å². The highest BCUT2D eigenvalue weighted by Crippen LogP contribution is 2.37. The summed E-state index contributed by atoms with van der Waals surface area (Å²) in [6.45, 7) is 1.30. The molecule has 3 aliphatic heterocycles. The van der Waals surface area contributed by atoms with Crippen LogP contribution < -0.4 is 0 Å². The third kappa shape index (κ3) is 5.76. The van der Waals surface area contributed by atoms with E-state index < -0.39 is 16.9 Å². The number of amides is 1. The number of carbonyl (C=O) groups is 2. The maximum atomic E-state index is 13.7. The predicted molar refractivity (Wildman–Crippen MR) is 145 cm³/mol. The number of carboxylic acid groups (broad SMARTS) is 1. The number of ketones is 1. The molecule has 1 N–H and O–H groups in total. The van der Waals surface area contributed by atoms with Gasteiger partial charge in [0, 0.05) is 59.6 Å². The molecule has 2 saturated heterocycles. The van der Waals surface area contributed by atoms with E-state index in [-0.39, 0.29) is 23.6 Å². The van der Waals surface area contributed by atoms with Crippen molar-refractivity contribution in [1.29, 1.82) is 0 Å². The minimum absolute atomic E-state index is 0.0775. The van der Waals surface area contributed by atoms with E-state index in [9.17, 15) is 19.9 Å². The van der Waals surface area contributed by atoms with Crippen molar-refractivity contribution in [2.45, 2.75) is 63.0 Å². The Labute approximate surface area is 231 Å². The van der Waals surface area contributed by atoms with E-state index in [0.29, 0.717) is 38.5 Å². The van der Waals surface area contributed by atoms with Crippen LogP contribution in [0.1, 0.15) is 50.5 Å². The van der Waals surface area contributed by atoms with Crippen molar-refractivity contribution in [2.75, 3.05) is 19.8 Å². The second-order valence-electron chi connectivity index (χ2n) is 10.8. The van der Waals surface area contributed by atoms with Gasteiger partial charge in [-0.1, -0.05) is 28.1 Å². The average Bonchev–Trinajstić information content (AvgIpc) is 3.28. The van der Waals surface area contributed by atoms with Gasteiger partial charge in [0.2, 0.25) is 11.9 Å². The zero-order valence-corrected chi connectivity index (χ0v) is 23.2. The number of benzene rings is 1. The van der Waals surface area contributed by atoms with E-state index in [0.717, 1.165) is 47.8 Å². The predicted octanol–water partition coefficient (Wildman–Crippen LogP) is 5.64. The molecular weight excluding hydrogens is 560 g/mol. The molecule has 8 nitrogen and oxygen atoms in total. The number of quaternary nitrogens is 1. The van der Waals surface area contributed by atoms with Crippen molar-refractivity contribution in [3.8, 4) is 0 Å². The Bertz CT molecular complexity index is 1070. The normalized spacial score (nSPS) is 32.4. The summed E-state index contributed by atoms with van der Waals surface area (Å²) in [4.78, 5) is 31.6. The number of nitrogens with zero attached hydrogens (tertiary/aromatic N) is 4. The van der Waals surface area contributed by atoms with Crippen LogP contribution in [0, 0.1) is 17.0 Å². The molecule has 3 atom stereocenters. The molecule has 0 aromatic heterocycles. The number of hydrogen-bond acceptors (Lipinski definition) is 6. The lowest BCUT2D eigenvalue weighted by Gasteiger charge is -2.49. The molecule has 5 rings (SSSR count). The fourth-order valence-electron chi connectivity index (χ4n) is 6.16. The fourth-order valence-corrected chi connectivity index (χ4v) is 6.68. The zero-order valence-electron chi connectivity index (χ0n) is 20.8. The number of Topliss-reactive ketones (excluding diaryl/α,β-unsaturated/α-hetero) is 1. The topological polar surface area (TPSA) is 87.1 Å². The van der Waals surface area contributed by atoms with Gasteiger partial charge < -0.3 is 20.1 Å². The molecule has 200 valence electrons. The standard InChI is InChI=1S/C27H34BrClN4O4/c28-22-7-2-20(3-8-22)15-30-12-13-31-18-32(17-24(31)16-30)26-25(34)21(11-14-33(26,37)27(35)36)6-1-19-4-9-23(29)10-5-19/h2-3,7-8,12-13,16,19,21,23,26H,1,4-6,9-11,14-15,17-18H2,(H,35,36)/t19?,21?,23?,26?,33-/m0/s1. The molecule has 1 saturated carbocycles. The smallest absolute Gasteiger partial charge is 0.515 e. The third-order valence-electron chi connectivity index (χ3n) is 8.33. The second kappa shape index (κ2) is 11.1. The summed E-state index contributed by atoms with van der Waals surface area (Å²) >= 11 is 9.70. The lowest BCUT2D eigenvalue weighted by Crippen LogP contribution is -2.68. The van der Waals surface area contributed by atoms with Crippen LogP contribution in [0.15, 0.2) is 53.0 Å². The van der Waals surface area contributed by atoms with Crippen LogP contribution in [-0.2, 0) is 11.3 Å². The van der Waals surface area contributed by atoms with Gasteiger partial charge >= 0.3 is 6.09 Å². The first-order valence-electron chi connectivity index (χ1n) is 13.1. The molecule has 1 aromatic carbocycles. The maximum absolute atomic E-state index is 13.7. The summed E-state index contributed by atoms with van der Waals surface area (Å²) in [7, 11) is 0. The number of likely N-dealkylation sites (tertiary alicyclic amines) is 1. The SMILES string of the molecule is O=C1C(CCC2CCC(Cl)CC2)CC[N@@+]([O-])(C(=O)O)C1N1CC2=CN(Cc3ccc(Br)cc3)C=CN2C1. The molecule has 1 aliphatic carbocycles. The van der Waals surface area contributed by atoms with Crippen LogP contribution in [0.5, 0.6) is 0 Å². The molecular formula is C27H34BrClN4O4. The lowest BCUT2D eigenvalue weighted by molar-refractivity contribution is -0.841. The van der Waals surface area contributed by atoms with E-state index in [1.54, 1.807) is 4.90 Å². The van der Waals surface area contributed by atoms with Gasteiger partial charge in [0.05, 0.1) is 13.2 Å². The molecule has 3 heterocycles. The molecule has 2 unspecified atom stereocenters. The average molecular weight is 594 g/mol. The Morgan fingerprint density at radius 3 is 2.54 bits per heavy atom. The van der Waals surface area contributed by atoms with Crippen molar-refractivity contribution in [3.05, 3.63) is 63.8 Å². The summed E-state index contributed by atoms with van der Waals surface area (Å²) in [6.07, 6.45) is 9.36. The van der Waals surface area contributed by atoms with Crippen molar-refractivity contribution >= 4 is 39.4 Å². The van der Waals surface area contributed by atoms with Crippen LogP contribution in [0.2, 0.25) is 0 Å². The number of carbonyl (C=O) groups excluding carboxylic acids is 1. The van der Waals surface area contributed by atoms with Gasteiger partial charge in [-0.25, -0.2) is 9.55 Å². The van der Waals surface area contributed by atoms with Crippen molar-refractivity contribution in [1.82, 2.24) is 14.7 Å². The first-order valence-corrected chi connectivity index (χ1v) is 14.4. The Kier molecular flexibility index (Phi) is 7.98. The summed E-state index contributed by atoms with van der Waals surface area (Å²) in [5, 5.41) is 23.7. The monoisotopic (exact) mass is 592 g/mol. The summed E-state index contributed by atoms with van der Waals surface area (Å²) in [5.74, 6) is 0.0714. The Balaban J connectivity index is 1.27. The number of fused-ring (bicyclic) bond motifs is 1. The molecule has 1 amide bonds. The summed E-state index contributed by atoms with van der Waals surface area (Å²) < 4.78 is -0.489. The molecule has 37 heavy (non-hydrogen) atoms. The Hall–Kier alpha value is -1.91. The molecule has 0 radical (unpaired) electrons. The summed E-state index contributed by atoms with van der Waals surface area (Å²) in [6, 6.07) is 8.13. The quantitative estimate of drug-likeness (QED) is 0.260. The molecule has 1 aromatic rings. The number of piperidine rings is 1. The number of hydrogen-bond donors (Lipinski definition) is 1. The van der Waals surface area contributed by atoms with Crippen LogP contribution in [0.3, 0.4) is 0 Å². The number of hydroxylamine groups is 3. The van der Waals surface area contributed by atoms with Crippen LogP contribution in [-0.4, -0.2) is 67.6 Å². The first-order chi connectivity index (χ1) is 17.7. The van der Waals surface area contributed by atoms with Gasteiger partial charge in [-0.15, -0.1) is 11.6 Å². The molecule has 0 bridgehead atoms. The third-order valence-corrected chi connectivity index (χ3v) is 9.30. The number of alkyl halides is 1. The minimum Gasteiger partial charge on any atom is -0.621 e. The van der Waals surface area contributed by atoms with E-state index >= 15 is 0 Å². The highest BCUT2D eigenvalue weighted by Gasteiger charge is 2.53. The second-order valence-corrected chi connectivity index (χ2v) is 12.4. The molecule has 0 spiro atoms. The van der Waals surface area contributed by atoms with Crippen molar-refractivity contribution < 1.29 is 19.3 Å². The van der Waals surface area contributed by atoms with E-state index in [4.69, 9.17) is 11.6 Å². The van der Waals surface area contributed by atoms with Gasteiger partial charge in [0.15, 0.2) is 0 Å². The molecule has 4 aliphatic rings. The summed E-state index contributed by atoms with van der Waals surface area (Å²) in [5.41, 5.74) is 2.10. The Morgan fingerprint density at radius 2 is 1.84 bits per heavy atom. The van der Waals surface area contributed by atoms with Crippen LogP contribution in [0.25, 0.3) is 0 Å². The van der Waals surface area contributed by atoms with E-state index in [1.165, 1.54) is 0 Å². The number of rotatable bonds is 6. The van der Waals surface area contributed by atoms with Gasteiger partial charge in [-0.05, 0) is 62.1 Å². The minimum atomic E-state index is -1.51. The zero-order chi connectivity index (χ0) is 26.2. The van der Waals surface area contributed by atoms with Gasteiger partial charge in [-0.3, -0.25) is 4.79 Å². The van der Waals surface area contributed by atoms with Crippen molar-refractivity contribution in [2.24, 2.45) is 11.8 Å². The van der Waals surface area contributed by atoms with E-state index in [1.807, 2.05) is 35.6 Å². The fraction of sp³-hybridized carbons (Fsp3) is 0.556. The molecule has 3 fully saturated rings.